The number of hydrogen-bond donors (Lipinski definition) is 1. The zero-order valence-corrected chi connectivity index (χ0v) is 11.1. The predicted molar refractivity (Wildman–Crippen MR) is 66.1 cm³/mol. The average molecular weight is 255 g/mol. The van der Waals surface area contributed by atoms with E-state index >= 15 is 0 Å². The summed E-state index contributed by atoms with van der Waals surface area (Å²) in [7, 11) is 5.06. The molecule has 0 aromatic rings. The van der Waals surface area contributed by atoms with Crippen LogP contribution in [0.15, 0.2) is 0 Å². The lowest BCUT2D eigenvalue weighted by Gasteiger charge is -2.22. The number of carbonyl (C=O) groups is 1. The van der Waals surface area contributed by atoms with E-state index in [1.54, 1.807) is 26.2 Å². The molecule has 0 radical (unpaired) electrons. The van der Waals surface area contributed by atoms with Crippen LogP contribution in [0.2, 0.25) is 0 Å². The number of amides is 1. The number of rotatable bonds is 9. The minimum atomic E-state index is 0. The summed E-state index contributed by atoms with van der Waals surface area (Å²) in [5.74, 6) is 0.102. The summed E-state index contributed by atoms with van der Waals surface area (Å²) in [4.78, 5) is 13.4. The third kappa shape index (κ3) is 8.91. The number of methoxy groups -OCH3 is 2. The molecule has 0 spiro atoms. The van der Waals surface area contributed by atoms with Crippen molar-refractivity contribution in [2.45, 2.75) is 6.42 Å². The zero-order chi connectivity index (χ0) is 11.5. The van der Waals surface area contributed by atoms with Gasteiger partial charge in [-0.25, -0.2) is 0 Å². The van der Waals surface area contributed by atoms with E-state index in [0.29, 0.717) is 26.3 Å². The highest BCUT2D eigenvalue weighted by Crippen LogP contribution is 1.93. The number of nitrogens with one attached hydrogen (secondary N) is 1. The molecule has 0 saturated heterocycles. The molecular formula is C10H23ClN2O3. The van der Waals surface area contributed by atoms with E-state index in [-0.39, 0.29) is 18.3 Å². The molecule has 0 bridgehead atoms. The van der Waals surface area contributed by atoms with Gasteiger partial charge < -0.3 is 19.7 Å². The van der Waals surface area contributed by atoms with Crippen LogP contribution in [0, 0.1) is 0 Å². The Kier molecular flexibility index (Phi) is 14.3. The van der Waals surface area contributed by atoms with Gasteiger partial charge in [0.15, 0.2) is 0 Å². The molecule has 0 heterocycles. The van der Waals surface area contributed by atoms with Gasteiger partial charge in [0.05, 0.1) is 13.2 Å². The van der Waals surface area contributed by atoms with E-state index in [0.717, 1.165) is 13.0 Å². The third-order valence-electron chi connectivity index (χ3n) is 2.02. The van der Waals surface area contributed by atoms with Gasteiger partial charge in [0.2, 0.25) is 5.91 Å². The molecule has 0 atom stereocenters. The minimum Gasteiger partial charge on any atom is -0.385 e. The van der Waals surface area contributed by atoms with Gasteiger partial charge in [-0.05, 0) is 13.5 Å². The Labute approximate surface area is 104 Å². The van der Waals surface area contributed by atoms with Crippen LogP contribution >= 0.6 is 12.4 Å². The minimum absolute atomic E-state index is 0. The highest BCUT2D eigenvalue weighted by molar-refractivity contribution is 5.85. The summed E-state index contributed by atoms with van der Waals surface area (Å²) >= 11 is 0. The molecule has 0 rings (SSSR count). The van der Waals surface area contributed by atoms with Crippen LogP contribution in [0.25, 0.3) is 0 Å². The Morgan fingerprint density at radius 1 is 1.19 bits per heavy atom. The summed E-state index contributed by atoms with van der Waals surface area (Å²) in [6, 6.07) is 0. The van der Waals surface area contributed by atoms with Crippen molar-refractivity contribution in [1.29, 1.82) is 0 Å². The van der Waals surface area contributed by atoms with Gasteiger partial charge in [0.1, 0.15) is 0 Å². The van der Waals surface area contributed by atoms with Crippen molar-refractivity contribution in [3.05, 3.63) is 0 Å². The molecule has 1 amide bonds. The van der Waals surface area contributed by atoms with Crippen molar-refractivity contribution >= 4 is 18.3 Å². The highest BCUT2D eigenvalue weighted by atomic mass is 35.5. The Bertz CT molecular complexity index is 170. The van der Waals surface area contributed by atoms with Crippen LogP contribution < -0.4 is 5.32 Å². The SMILES string of the molecule is CNCC(=O)N(CCCOC)CCOC.Cl. The third-order valence-corrected chi connectivity index (χ3v) is 2.02. The molecule has 0 aliphatic carbocycles. The molecule has 0 aromatic carbocycles. The highest BCUT2D eigenvalue weighted by Gasteiger charge is 2.11. The van der Waals surface area contributed by atoms with Crippen molar-refractivity contribution < 1.29 is 14.3 Å². The molecule has 98 valence electrons. The maximum atomic E-state index is 11.6. The quantitative estimate of drug-likeness (QED) is 0.595. The molecule has 0 fully saturated rings. The van der Waals surface area contributed by atoms with E-state index < -0.39 is 0 Å². The lowest BCUT2D eigenvalue weighted by Crippen LogP contribution is -2.40. The summed E-state index contributed by atoms with van der Waals surface area (Å²) in [6.07, 6.45) is 0.857. The monoisotopic (exact) mass is 254 g/mol. The molecular weight excluding hydrogens is 232 g/mol. The Morgan fingerprint density at radius 2 is 1.81 bits per heavy atom. The standard InChI is InChI=1S/C10H22N2O3.ClH/c1-11-9-10(13)12(6-8-15-3)5-4-7-14-2;/h11H,4-9H2,1-3H3;1H. The lowest BCUT2D eigenvalue weighted by atomic mass is 10.3. The van der Waals surface area contributed by atoms with E-state index in [9.17, 15) is 4.79 Å². The topological polar surface area (TPSA) is 50.8 Å². The average Bonchev–Trinajstić information content (AvgIpc) is 2.23. The summed E-state index contributed by atoms with van der Waals surface area (Å²) < 4.78 is 9.91. The molecule has 0 unspecified atom stereocenters. The fourth-order valence-corrected chi connectivity index (χ4v) is 1.23. The van der Waals surface area contributed by atoms with E-state index in [4.69, 9.17) is 9.47 Å². The maximum absolute atomic E-state index is 11.6. The number of nitrogens with zero attached hydrogens (tertiary/aromatic N) is 1. The van der Waals surface area contributed by atoms with Gasteiger partial charge in [0, 0.05) is 33.9 Å². The fourth-order valence-electron chi connectivity index (χ4n) is 1.23. The van der Waals surface area contributed by atoms with Crippen LogP contribution in [0.1, 0.15) is 6.42 Å². The molecule has 5 nitrogen and oxygen atoms in total. The maximum Gasteiger partial charge on any atom is 0.236 e. The fraction of sp³-hybridized carbons (Fsp3) is 0.900. The van der Waals surface area contributed by atoms with Gasteiger partial charge >= 0.3 is 0 Å². The van der Waals surface area contributed by atoms with E-state index in [1.165, 1.54) is 0 Å². The van der Waals surface area contributed by atoms with Crippen LogP contribution in [0.3, 0.4) is 0 Å². The first-order chi connectivity index (χ1) is 7.26. The summed E-state index contributed by atoms with van der Waals surface area (Å²) in [5.41, 5.74) is 0. The second-order valence-electron chi connectivity index (χ2n) is 3.25. The Morgan fingerprint density at radius 3 is 2.31 bits per heavy atom. The molecule has 0 saturated carbocycles. The van der Waals surface area contributed by atoms with Crippen molar-refractivity contribution in [2.24, 2.45) is 0 Å². The number of halogens is 1. The Hall–Kier alpha value is -0.360. The second-order valence-corrected chi connectivity index (χ2v) is 3.25. The smallest absolute Gasteiger partial charge is 0.236 e. The lowest BCUT2D eigenvalue weighted by molar-refractivity contribution is -0.131. The molecule has 0 aliphatic rings. The van der Waals surface area contributed by atoms with Crippen LogP contribution in [-0.2, 0) is 14.3 Å². The molecule has 1 N–H and O–H groups in total. The van der Waals surface area contributed by atoms with Crippen molar-refractivity contribution in [2.75, 3.05) is 54.1 Å². The number of likely N-dealkylation sites (N-methyl/N-ethyl adjacent to an activating group) is 1. The van der Waals surface area contributed by atoms with Gasteiger partial charge in [-0.2, -0.15) is 0 Å². The molecule has 6 heteroatoms. The number of ether oxygens (including phenoxy) is 2. The van der Waals surface area contributed by atoms with Gasteiger partial charge in [-0.15, -0.1) is 12.4 Å². The summed E-state index contributed by atoms with van der Waals surface area (Å²) in [6.45, 7) is 2.98. The molecule has 0 aliphatic heterocycles. The number of hydrogen-bond acceptors (Lipinski definition) is 4. The van der Waals surface area contributed by atoms with Gasteiger partial charge in [-0.3, -0.25) is 4.79 Å². The summed E-state index contributed by atoms with van der Waals surface area (Å²) in [5, 5.41) is 2.85. The molecule has 16 heavy (non-hydrogen) atoms. The van der Waals surface area contributed by atoms with Gasteiger partial charge in [0.25, 0.3) is 0 Å². The predicted octanol–water partition coefficient (Wildman–Crippen LogP) is 0.139. The van der Waals surface area contributed by atoms with Crippen LogP contribution in [-0.4, -0.2) is 64.9 Å². The van der Waals surface area contributed by atoms with Gasteiger partial charge in [-0.1, -0.05) is 0 Å². The van der Waals surface area contributed by atoms with Crippen molar-refractivity contribution in [3.63, 3.8) is 0 Å². The normalized spacial score (nSPS) is 9.69. The first-order valence-electron chi connectivity index (χ1n) is 5.16. The number of carbonyl (C=O) groups excluding carboxylic acids is 1. The first-order valence-corrected chi connectivity index (χ1v) is 5.16. The van der Waals surface area contributed by atoms with E-state index in [2.05, 4.69) is 5.32 Å². The van der Waals surface area contributed by atoms with Crippen LogP contribution in [0.5, 0.6) is 0 Å². The van der Waals surface area contributed by atoms with Crippen LogP contribution in [0.4, 0.5) is 0 Å². The second kappa shape index (κ2) is 12.7. The largest absolute Gasteiger partial charge is 0.385 e. The Balaban J connectivity index is 0. The van der Waals surface area contributed by atoms with Crippen molar-refractivity contribution in [3.8, 4) is 0 Å². The van der Waals surface area contributed by atoms with E-state index in [1.807, 2.05) is 0 Å². The van der Waals surface area contributed by atoms with Crippen molar-refractivity contribution in [1.82, 2.24) is 10.2 Å². The zero-order valence-electron chi connectivity index (χ0n) is 10.3. The molecule has 0 aromatic heterocycles. The first kappa shape index (κ1) is 18.0.